The highest BCUT2D eigenvalue weighted by atomic mass is 14.6. The van der Waals surface area contributed by atoms with E-state index in [1.165, 1.54) is 11.1 Å². The monoisotopic (exact) mass is 175 g/mol. The van der Waals surface area contributed by atoms with Crippen LogP contribution in [0.3, 0.4) is 0 Å². The third-order valence-electron chi connectivity index (χ3n) is 2.21. The normalized spacial score (nSPS) is 12.5. The summed E-state index contributed by atoms with van der Waals surface area (Å²) in [7, 11) is 0. The summed E-state index contributed by atoms with van der Waals surface area (Å²) in [6.07, 6.45) is 3.70. The van der Waals surface area contributed by atoms with Crippen molar-refractivity contribution < 1.29 is 0 Å². The fourth-order valence-corrected chi connectivity index (χ4v) is 1.42. The SMILES string of the molecule is C=CCC(N)Cc1ccccc1C. The van der Waals surface area contributed by atoms with Gasteiger partial charge in [-0.1, -0.05) is 30.3 Å². The van der Waals surface area contributed by atoms with E-state index >= 15 is 0 Å². The summed E-state index contributed by atoms with van der Waals surface area (Å²) in [5.41, 5.74) is 8.58. The molecule has 0 aliphatic rings. The molecule has 0 aliphatic heterocycles. The second-order valence-corrected chi connectivity index (χ2v) is 3.42. The average Bonchev–Trinajstić information content (AvgIpc) is 2.09. The molecule has 0 fully saturated rings. The molecule has 1 rings (SSSR count). The first-order chi connectivity index (χ1) is 6.24. The third-order valence-corrected chi connectivity index (χ3v) is 2.21. The van der Waals surface area contributed by atoms with Gasteiger partial charge in [-0.05, 0) is 30.9 Å². The van der Waals surface area contributed by atoms with E-state index in [1.807, 2.05) is 6.08 Å². The van der Waals surface area contributed by atoms with Gasteiger partial charge in [0.2, 0.25) is 0 Å². The van der Waals surface area contributed by atoms with Crippen LogP contribution in [0.5, 0.6) is 0 Å². The van der Waals surface area contributed by atoms with Crippen LogP contribution in [0.4, 0.5) is 0 Å². The highest BCUT2D eigenvalue weighted by Crippen LogP contribution is 2.10. The predicted octanol–water partition coefficient (Wildman–Crippen LogP) is 2.44. The molecule has 0 saturated carbocycles. The number of benzene rings is 1. The lowest BCUT2D eigenvalue weighted by Gasteiger charge is -2.10. The van der Waals surface area contributed by atoms with Gasteiger partial charge < -0.3 is 5.73 Å². The molecule has 1 nitrogen and oxygen atoms in total. The number of rotatable bonds is 4. The van der Waals surface area contributed by atoms with Crippen molar-refractivity contribution >= 4 is 0 Å². The molecule has 13 heavy (non-hydrogen) atoms. The smallest absolute Gasteiger partial charge is 0.0114 e. The first-order valence-electron chi connectivity index (χ1n) is 4.65. The lowest BCUT2D eigenvalue weighted by molar-refractivity contribution is 0.677. The van der Waals surface area contributed by atoms with Crippen LogP contribution in [0.25, 0.3) is 0 Å². The minimum atomic E-state index is 0.207. The average molecular weight is 175 g/mol. The molecule has 0 bridgehead atoms. The lowest BCUT2D eigenvalue weighted by atomic mass is 10.00. The van der Waals surface area contributed by atoms with Crippen molar-refractivity contribution in [1.29, 1.82) is 0 Å². The quantitative estimate of drug-likeness (QED) is 0.699. The molecule has 0 aliphatic carbocycles. The van der Waals surface area contributed by atoms with Gasteiger partial charge in [0, 0.05) is 6.04 Å². The van der Waals surface area contributed by atoms with E-state index < -0.39 is 0 Å². The molecule has 0 amide bonds. The highest BCUT2D eigenvalue weighted by molar-refractivity contribution is 5.26. The van der Waals surface area contributed by atoms with Crippen LogP contribution in [0.15, 0.2) is 36.9 Å². The maximum atomic E-state index is 5.91. The lowest BCUT2D eigenvalue weighted by Crippen LogP contribution is -2.22. The van der Waals surface area contributed by atoms with E-state index in [0.717, 1.165) is 12.8 Å². The first kappa shape index (κ1) is 10.0. The van der Waals surface area contributed by atoms with E-state index in [1.54, 1.807) is 0 Å². The third kappa shape index (κ3) is 3.03. The second-order valence-electron chi connectivity index (χ2n) is 3.42. The van der Waals surface area contributed by atoms with Crippen LogP contribution in [-0.4, -0.2) is 6.04 Å². The van der Waals surface area contributed by atoms with Gasteiger partial charge in [-0.15, -0.1) is 6.58 Å². The molecule has 0 heterocycles. The Kier molecular flexibility index (Phi) is 3.71. The van der Waals surface area contributed by atoms with Gasteiger partial charge in [0.05, 0.1) is 0 Å². The van der Waals surface area contributed by atoms with Crippen molar-refractivity contribution in [3.05, 3.63) is 48.0 Å². The van der Waals surface area contributed by atoms with Gasteiger partial charge in [0.15, 0.2) is 0 Å². The minimum Gasteiger partial charge on any atom is -0.327 e. The van der Waals surface area contributed by atoms with E-state index in [9.17, 15) is 0 Å². The zero-order valence-electron chi connectivity index (χ0n) is 8.16. The molecular formula is C12H17N. The first-order valence-corrected chi connectivity index (χ1v) is 4.65. The summed E-state index contributed by atoms with van der Waals surface area (Å²) < 4.78 is 0. The maximum Gasteiger partial charge on any atom is 0.0114 e. The Morgan fingerprint density at radius 1 is 1.46 bits per heavy atom. The molecule has 1 heteroatoms. The number of nitrogens with two attached hydrogens (primary N) is 1. The molecule has 0 saturated heterocycles. The van der Waals surface area contributed by atoms with Gasteiger partial charge >= 0.3 is 0 Å². The van der Waals surface area contributed by atoms with Crippen molar-refractivity contribution in [2.45, 2.75) is 25.8 Å². The van der Waals surface area contributed by atoms with Crippen LogP contribution in [0.1, 0.15) is 17.5 Å². The topological polar surface area (TPSA) is 26.0 Å². The van der Waals surface area contributed by atoms with Crippen LogP contribution >= 0.6 is 0 Å². The Morgan fingerprint density at radius 2 is 2.15 bits per heavy atom. The van der Waals surface area contributed by atoms with Gasteiger partial charge in [-0.2, -0.15) is 0 Å². The molecule has 1 atom stereocenters. The van der Waals surface area contributed by atoms with Gasteiger partial charge in [-0.3, -0.25) is 0 Å². The Balaban J connectivity index is 2.63. The van der Waals surface area contributed by atoms with E-state index in [0.29, 0.717) is 0 Å². The Morgan fingerprint density at radius 3 is 2.77 bits per heavy atom. The zero-order valence-corrected chi connectivity index (χ0v) is 8.16. The molecule has 70 valence electrons. The summed E-state index contributed by atoms with van der Waals surface area (Å²) >= 11 is 0. The molecule has 0 aromatic heterocycles. The maximum absolute atomic E-state index is 5.91. The molecule has 1 aromatic carbocycles. The van der Waals surface area contributed by atoms with E-state index in [-0.39, 0.29) is 6.04 Å². The van der Waals surface area contributed by atoms with Crippen LogP contribution < -0.4 is 5.73 Å². The molecule has 1 aromatic rings. The number of hydrogen-bond donors (Lipinski definition) is 1. The largest absolute Gasteiger partial charge is 0.327 e. The van der Waals surface area contributed by atoms with Crippen molar-refractivity contribution in [2.75, 3.05) is 0 Å². The molecular weight excluding hydrogens is 158 g/mol. The van der Waals surface area contributed by atoms with Crippen LogP contribution in [0, 0.1) is 6.92 Å². The van der Waals surface area contributed by atoms with Crippen molar-refractivity contribution in [3.8, 4) is 0 Å². The summed E-state index contributed by atoms with van der Waals surface area (Å²) in [4.78, 5) is 0. The molecule has 0 spiro atoms. The summed E-state index contributed by atoms with van der Waals surface area (Å²) in [6, 6.07) is 8.58. The fraction of sp³-hybridized carbons (Fsp3) is 0.333. The highest BCUT2D eigenvalue weighted by Gasteiger charge is 2.03. The summed E-state index contributed by atoms with van der Waals surface area (Å²) in [5.74, 6) is 0. The minimum absolute atomic E-state index is 0.207. The van der Waals surface area contributed by atoms with Gasteiger partial charge in [0.1, 0.15) is 0 Å². The zero-order chi connectivity index (χ0) is 9.68. The van der Waals surface area contributed by atoms with Crippen molar-refractivity contribution in [1.82, 2.24) is 0 Å². The second kappa shape index (κ2) is 4.83. The fourth-order valence-electron chi connectivity index (χ4n) is 1.42. The van der Waals surface area contributed by atoms with E-state index in [4.69, 9.17) is 5.73 Å². The molecule has 0 radical (unpaired) electrons. The van der Waals surface area contributed by atoms with Crippen LogP contribution in [-0.2, 0) is 6.42 Å². The van der Waals surface area contributed by atoms with E-state index in [2.05, 4.69) is 37.8 Å². The Labute approximate surface area is 80.3 Å². The van der Waals surface area contributed by atoms with Gasteiger partial charge in [0.25, 0.3) is 0 Å². The van der Waals surface area contributed by atoms with Gasteiger partial charge in [-0.25, -0.2) is 0 Å². The van der Waals surface area contributed by atoms with Crippen molar-refractivity contribution in [2.24, 2.45) is 5.73 Å². The van der Waals surface area contributed by atoms with Crippen molar-refractivity contribution in [3.63, 3.8) is 0 Å². The molecule has 2 N–H and O–H groups in total. The number of hydrogen-bond acceptors (Lipinski definition) is 1. The summed E-state index contributed by atoms with van der Waals surface area (Å²) in [6.45, 7) is 5.81. The predicted molar refractivity (Wildman–Crippen MR) is 57.7 cm³/mol. The summed E-state index contributed by atoms with van der Waals surface area (Å²) in [5, 5.41) is 0. The molecule has 1 unspecified atom stereocenters. The Hall–Kier alpha value is -1.08. The van der Waals surface area contributed by atoms with Crippen LogP contribution in [0.2, 0.25) is 0 Å². The standard InChI is InChI=1S/C12H17N/c1-3-6-12(13)9-11-8-5-4-7-10(11)2/h3-5,7-8,12H,1,6,9,13H2,2H3. The number of aryl methyl sites for hydroxylation is 1. The Bertz CT molecular complexity index is 278.